The molecule has 1 heterocycles. The zero-order valence-electron chi connectivity index (χ0n) is 11.5. The molecule has 108 valence electrons. The van der Waals surface area contributed by atoms with Crippen LogP contribution in [0.5, 0.6) is 5.75 Å². The predicted octanol–water partition coefficient (Wildman–Crippen LogP) is 4.44. The third-order valence-corrected chi connectivity index (χ3v) is 4.41. The van der Waals surface area contributed by atoms with E-state index in [0.717, 1.165) is 17.3 Å². The van der Waals surface area contributed by atoms with Gasteiger partial charge < -0.3 is 10.1 Å². The van der Waals surface area contributed by atoms with Gasteiger partial charge in [0.05, 0.1) is 11.4 Å². The Morgan fingerprint density at radius 2 is 2.15 bits per heavy atom. The lowest BCUT2D eigenvalue weighted by atomic mass is 10.1. The standard InChI is InChI=1S/C15H17ClFNOS/c1-10(15-12(17)4-3-5-13(15)19-2)18-9-8-11-6-7-14(16)20-11/h3-7,10,18H,8-9H2,1-2H3. The van der Waals surface area contributed by atoms with Gasteiger partial charge >= 0.3 is 0 Å². The Kier molecular flexibility index (Phi) is 5.40. The largest absolute Gasteiger partial charge is 0.496 e. The van der Waals surface area contributed by atoms with Crippen molar-refractivity contribution in [2.24, 2.45) is 0 Å². The van der Waals surface area contributed by atoms with Crippen LogP contribution in [0.15, 0.2) is 30.3 Å². The molecule has 2 nitrogen and oxygen atoms in total. The molecule has 0 aliphatic carbocycles. The molecular weight excluding hydrogens is 297 g/mol. The zero-order valence-corrected chi connectivity index (χ0v) is 13.0. The second-order valence-electron chi connectivity index (χ2n) is 4.49. The van der Waals surface area contributed by atoms with Gasteiger partial charge in [-0.05, 0) is 37.6 Å². The van der Waals surface area contributed by atoms with E-state index in [9.17, 15) is 4.39 Å². The normalized spacial score (nSPS) is 12.4. The first-order valence-corrected chi connectivity index (χ1v) is 7.61. The van der Waals surface area contributed by atoms with E-state index in [4.69, 9.17) is 16.3 Å². The number of rotatable bonds is 6. The molecule has 0 radical (unpaired) electrons. The van der Waals surface area contributed by atoms with Crippen molar-refractivity contribution in [3.63, 3.8) is 0 Å². The molecule has 0 saturated heterocycles. The average molecular weight is 314 g/mol. The van der Waals surface area contributed by atoms with Crippen LogP contribution >= 0.6 is 22.9 Å². The van der Waals surface area contributed by atoms with Crippen molar-refractivity contribution in [2.75, 3.05) is 13.7 Å². The molecule has 0 amide bonds. The lowest BCUT2D eigenvalue weighted by Gasteiger charge is -2.17. The molecule has 0 bridgehead atoms. The fourth-order valence-corrected chi connectivity index (χ4v) is 3.20. The van der Waals surface area contributed by atoms with E-state index < -0.39 is 0 Å². The first-order valence-electron chi connectivity index (χ1n) is 6.42. The summed E-state index contributed by atoms with van der Waals surface area (Å²) in [5, 5.41) is 3.32. The quantitative estimate of drug-likeness (QED) is 0.851. The minimum Gasteiger partial charge on any atom is -0.496 e. The summed E-state index contributed by atoms with van der Waals surface area (Å²) in [7, 11) is 1.55. The van der Waals surface area contributed by atoms with Crippen molar-refractivity contribution in [1.29, 1.82) is 0 Å². The maximum Gasteiger partial charge on any atom is 0.131 e. The van der Waals surface area contributed by atoms with Crippen molar-refractivity contribution in [3.05, 3.63) is 50.9 Å². The zero-order chi connectivity index (χ0) is 14.5. The fraction of sp³-hybridized carbons (Fsp3) is 0.333. The van der Waals surface area contributed by atoms with Gasteiger partial charge in [-0.3, -0.25) is 0 Å². The molecule has 1 N–H and O–H groups in total. The van der Waals surface area contributed by atoms with Crippen molar-refractivity contribution >= 4 is 22.9 Å². The molecular formula is C15H17ClFNOS. The third kappa shape index (κ3) is 3.72. The van der Waals surface area contributed by atoms with Gasteiger partial charge in [-0.25, -0.2) is 4.39 Å². The molecule has 1 unspecified atom stereocenters. The van der Waals surface area contributed by atoms with Crippen LogP contribution < -0.4 is 10.1 Å². The average Bonchev–Trinajstić information content (AvgIpc) is 2.83. The minimum atomic E-state index is -0.247. The summed E-state index contributed by atoms with van der Waals surface area (Å²) < 4.78 is 19.9. The summed E-state index contributed by atoms with van der Waals surface area (Å²) in [5.41, 5.74) is 0.569. The number of thiophene rings is 1. The van der Waals surface area contributed by atoms with Gasteiger partial charge in [0.15, 0.2) is 0 Å². The lowest BCUT2D eigenvalue weighted by molar-refractivity contribution is 0.394. The van der Waals surface area contributed by atoms with Crippen molar-refractivity contribution in [2.45, 2.75) is 19.4 Å². The number of benzene rings is 1. The number of hydrogen-bond acceptors (Lipinski definition) is 3. The Morgan fingerprint density at radius 3 is 2.80 bits per heavy atom. The van der Waals surface area contributed by atoms with E-state index in [0.29, 0.717) is 11.3 Å². The highest BCUT2D eigenvalue weighted by Crippen LogP contribution is 2.27. The van der Waals surface area contributed by atoms with E-state index in [-0.39, 0.29) is 11.9 Å². The summed E-state index contributed by atoms with van der Waals surface area (Å²) in [6.07, 6.45) is 0.874. The van der Waals surface area contributed by atoms with Crippen LogP contribution in [0, 0.1) is 5.82 Å². The first kappa shape index (κ1) is 15.3. The Balaban J connectivity index is 1.96. The fourth-order valence-electron chi connectivity index (χ4n) is 2.12. The molecule has 0 fully saturated rings. The highest BCUT2D eigenvalue weighted by molar-refractivity contribution is 7.16. The van der Waals surface area contributed by atoms with Crippen LogP contribution in [0.3, 0.4) is 0 Å². The summed E-state index contributed by atoms with van der Waals surface area (Å²) in [6.45, 7) is 2.69. The van der Waals surface area contributed by atoms with Crippen LogP contribution in [0.25, 0.3) is 0 Å². The van der Waals surface area contributed by atoms with Gasteiger partial charge in [0.2, 0.25) is 0 Å². The molecule has 1 aromatic heterocycles. The Hall–Kier alpha value is -1.10. The van der Waals surface area contributed by atoms with E-state index in [1.54, 1.807) is 30.6 Å². The number of halogens is 2. The molecule has 5 heteroatoms. The molecule has 0 aliphatic rings. The molecule has 2 aromatic rings. The molecule has 1 aromatic carbocycles. The minimum absolute atomic E-state index is 0.110. The molecule has 20 heavy (non-hydrogen) atoms. The smallest absolute Gasteiger partial charge is 0.131 e. The number of nitrogens with one attached hydrogen (secondary N) is 1. The molecule has 0 aliphatic heterocycles. The van der Waals surface area contributed by atoms with Crippen molar-refractivity contribution in [1.82, 2.24) is 5.32 Å². The number of methoxy groups -OCH3 is 1. The van der Waals surface area contributed by atoms with E-state index in [1.807, 2.05) is 19.1 Å². The maximum absolute atomic E-state index is 13.9. The monoisotopic (exact) mass is 313 g/mol. The predicted molar refractivity (Wildman–Crippen MR) is 82.4 cm³/mol. The summed E-state index contributed by atoms with van der Waals surface area (Å²) in [5.74, 6) is 0.327. The van der Waals surface area contributed by atoms with Crippen LogP contribution in [-0.4, -0.2) is 13.7 Å². The van der Waals surface area contributed by atoms with Gasteiger partial charge in [-0.2, -0.15) is 0 Å². The van der Waals surface area contributed by atoms with Gasteiger partial charge in [0.1, 0.15) is 11.6 Å². The van der Waals surface area contributed by atoms with Crippen LogP contribution in [-0.2, 0) is 6.42 Å². The first-order chi connectivity index (χ1) is 9.61. The molecule has 0 spiro atoms. The second kappa shape index (κ2) is 7.07. The third-order valence-electron chi connectivity index (χ3n) is 3.12. The second-order valence-corrected chi connectivity index (χ2v) is 6.29. The summed E-state index contributed by atoms with van der Waals surface area (Å²) >= 11 is 7.46. The van der Waals surface area contributed by atoms with Gasteiger partial charge in [-0.15, -0.1) is 11.3 Å². The van der Waals surface area contributed by atoms with Crippen LogP contribution in [0.2, 0.25) is 4.34 Å². The number of ether oxygens (including phenoxy) is 1. The summed E-state index contributed by atoms with van der Waals surface area (Å²) in [6, 6.07) is 8.68. The summed E-state index contributed by atoms with van der Waals surface area (Å²) in [4.78, 5) is 1.22. The van der Waals surface area contributed by atoms with Crippen molar-refractivity contribution < 1.29 is 9.13 Å². The lowest BCUT2D eigenvalue weighted by Crippen LogP contribution is -2.22. The Labute approximate surface area is 127 Å². The highest BCUT2D eigenvalue weighted by Gasteiger charge is 2.15. The van der Waals surface area contributed by atoms with Crippen LogP contribution in [0.1, 0.15) is 23.4 Å². The van der Waals surface area contributed by atoms with Gasteiger partial charge in [-0.1, -0.05) is 17.7 Å². The van der Waals surface area contributed by atoms with E-state index in [2.05, 4.69) is 5.32 Å². The van der Waals surface area contributed by atoms with E-state index in [1.165, 1.54) is 10.9 Å². The molecule has 1 atom stereocenters. The van der Waals surface area contributed by atoms with Gasteiger partial charge in [0, 0.05) is 23.0 Å². The Bertz CT molecular complexity index is 573. The molecule has 2 rings (SSSR count). The van der Waals surface area contributed by atoms with Crippen LogP contribution in [0.4, 0.5) is 4.39 Å². The van der Waals surface area contributed by atoms with E-state index >= 15 is 0 Å². The Morgan fingerprint density at radius 1 is 1.35 bits per heavy atom. The number of hydrogen-bond donors (Lipinski definition) is 1. The highest BCUT2D eigenvalue weighted by atomic mass is 35.5. The van der Waals surface area contributed by atoms with Crippen molar-refractivity contribution in [3.8, 4) is 5.75 Å². The SMILES string of the molecule is COc1cccc(F)c1C(C)NCCc1ccc(Cl)s1. The van der Waals surface area contributed by atoms with Gasteiger partial charge in [0.25, 0.3) is 0 Å². The topological polar surface area (TPSA) is 21.3 Å². The maximum atomic E-state index is 13.9. The molecule has 0 saturated carbocycles.